The number of ether oxygens (including phenoxy) is 1. The lowest BCUT2D eigenvalue weighted by Gasteiger charge is -2.73. The van der Waals surface area contributed by atoms with Crippen LogP contribution >= 0.6 is 36.0 Å². The van der Waals surface area contributed by atoms with Crippen molar-refractivity contribution in [3.8, 4) is 0 Å². The number of fused-ring (bicyclic) bond motifs is 3. The minimum atomic E-state index is -4.85. The molecule has 3 fully saturated rings. The van der Waals surface area contributed by atoms with Crippen LogP contribution in [0.5, 0.6) is 0 Å². The molecule has 0 aromatic heterocycles. The smallest absolute Gasteiger partial charge is 0.393 e. The predicted octanol–water partition coefficient (Wildman–Crippen LogP) is 7.74. The van der Waals surface area contributed by atoms with Crippen LogP contribution in [0.15, 0.2) is 12.2 Å². The van der Waals surface area contributed by atoms with E-state index in [2.05, 4.69) is 22.0 Å². The number of halogens is 4. The van der Waals surface area contributed by atoms with Gasteiger partial charge in [0, 0.05) is 38.9 Å². The van der Waals surface area contributed by atoms with Gasteiger partial charge in [-0.2, -0.15) is 0 Å². The van der Waals surface area contributed by atoms with Crippen molar-refractivity contribution in [2.45, 2.75) is 105 Å². The molecular weight excluding hydrogens is 658 g/mol. The standard InChI is InChI=1S/C29H48BrF3NO6PS/c1-7-12-28-19(5)16-27(18-37-29(31,32)33)25(6,17-30)23(35)11-13-26(27,8-2)22(28)14-20(34)21(42)15-24(28)40-41(36,38-9-3)39-10-4/h7,12,19-20,22-24,35H,8-11,13-18,34H2,1-6H3. The summed E-state index contributed by atoms with van der Waals surface area (Å²) in [4.78, 5) is 0.549. The van der Waals surface area contributed by atoms with Crippen molar-refractivity contribution >= 4 is 40.8 Å². The summed E-state index contributed by atoms with van der Waals surface area (Å²) in [7, 11) is -4.02. The van der Waals surface area contributed by atoms with Crippen molar-refractivity contribution in [3.05, 3.63) is 12.2 Å². The minimum Gasteiger partial charge on any atom is -0.393 e. The summed E-state index contributed by atoms with van der Waals surface area (Å²) >= 11 is 9.42. The summed E-state index contributed by atoms with van der Waals surface area (Å²) in [6, 6.07) is -0.543. The quantitative estimate of drug-likeness (QED) is 0.0975. The van der Waals surface area contributed by atoms with Crippen molar-refractivity contribution in [2.75, 3.05) is 25.2 Å². The van der Waals surface area contributed by atoms with Crippen LogP contribution in [0.2, 0.25) is 0 Å². The molecule has 7 nitrogen and oxygen atoms in total. The third-order valence-electron chi connectivity index (χ3n) is 10.9. The average Bonchev–Trinajstić information content (AvgIpc) is 3.01. The number of phosphoric ester groups is 1. The molecule has 0 amide bonds. The summed E-state index contributed by atoms with van der Waals surface area (Å²) < 4.78 is 77.6. The third kappa shape index (κ3) is 5.99. The van der Waals surface area contributed by atoms with Gasteiger partial charge in [0.2, 0.25) is 0 Å². The van der Waals surface area contributed by atoms with Crippen LogP contribution < -0.4 is 5.73 Å². The van der Waals surface area contributed by atoms with Crippen molar-refractivity contribution in [3.63, 3.8) is 0 Å². The van der Waals surface area contributed by atoms with Crippen LogP contribution in [0.4, 0.5) is 13.2 Å². The Morgan fingerprint density at radius 3 is 2.36 bits per heavy atom. The molecule has 3 N–H and O–H groups in total. The molecule has 244 valence electrons. The van der Waals surface area contributed by atoms with E-state index in [4.69, 9.17) is 36.3 Å². The van der Waals surface area contributed by atoms with E-state index in [1.165, 1.54) is 0 Å². The van der Waals surface area contributed by atoms with Crippen molar-refractivity contribution in [1.29, 1.82) is 0 Å². The molecule has 3 saturated carbocycles. The second-order valence-corrected chi connectivity index (χ2v) is 15.2. The van der Waals surface area contributed by atoms with Gasteiger partial charge in [0.1, 0.15) is 0 Å². The van der Waals surface area contributed by atoms with E-state index in [9.17, 15) is 22.8 Å². The molecule has 0 bridgehead atoms. The van der Waals surface area contributed by atoms with Gasteiger partial charge in [-0.1, -0.05) is 61.1 Å². The lowest BCUT2D eigenvalue weighted by molar-refractivity contribution is -0.364. The van der Waals surface area contributed by atoms with E-state index in [1.807, 2.05) is 33.8 Å². The van der Waals surface area contributed by atoms with E-state index >= 15 is 0 Å². The van der Waals surface area contributed by atoms with Gasteiger partial charge in [-0.15, -0.1) is 13.2 Å². The molecule has 13 heteroatoms. The Morgan fingerprint density at radius 1 is 1.24 bits per heavy atom. The number of aliphatic hydroxyl groups excluding tert-OH is 1. The Morgan fingerprint density at radius 2 is 1.86 bits per heavy atom. The molecule has 42 heavy (non-hydrogen) atoms. The molecule has 0 aromatic carbocycles. The van der Waals surface area contributed by atoms with Gasteiger partial charge in [-0.25, -0.2) is 4.57 Å². The van der Waals surface area contributed by atoms with Gasteiger partial charge in [0.15, 0.2) is 0 Å². The van der Waals surface area contributed by atoms with Crippen molar-refractivity contribution in [1.82, 2.24) is 0 Å². The van der Waals surface area contributed by atoms with Crippen LogP contribution in [0.1, 0.15) is 80.1 Å². The number of phosphoric acid groups is 1. The highest BCUT2D eigenvalue weighted by atomic mass is 79.9. The monoisotopic (exact) mass is 705 g/mol. The number of aliphatic hydroxyl groups is 1. The maximum absolute atomic E-state index is 13.9. The molecule has 0 aromatic rings. The number of thiocarbonyl (C=S) groups is 1. The highest BCUT2D eigenvalue weighted by molar-refractivity contribution is 9.09. The fourth-order valence-corrected chi connectivity index (χ4v) is 11.7. The first-order chi connectivity index (χ1) is 19.5. The van der Waals surface area contributed by atoms with Crippen molar-refractivity contribution < 1.29 is 41.2 Å². The highest BCUT2D eigenvalue weighted by Gasteiger charge is 2.75. The van der Waals surface area contributed by atoms with E-state index in [0.717, 1.165) is 0 Å². The van der Waals surface area contributed by atoms with Crippen LogP contribution in [-0.2, 0) is 22.9 Å². The Kier molecular flexibility index (Phi) is 11.7. The first-order valence-corrected chi connectivity index (χ1v) is 17.9. The van der Waals surface area contributed by atoms with Gasteiger partial charge in [-0.05, 0) is 70.1 Å². The molecule has 9 atom stereocenters. The molecule has 3 aliphatic carbocycles. The van der Waals surface area contributed by atoms with Gasteiger partial charge in [0.25, 0.3) is 0 Å². The SMILES string of the molecule is CC=CC12C(C)CC3(COC(F)(F)F)C(C)(CBr)C(O)CCC3(CC)C1CC(N)C(=S)CC2OP(=O)(OCC)OCC. The third-order valence-corrected chi connectivity index (χ3v) is 14.2. The van der Waals surface area contributed by atoms with E-state index in [-0.39, 0.29) is 36.8 Å². The van der Waals surface area contributed by atoms with Gasteiger partial charge >= 0.3 is 14.2 Å². The highest BCUT2D eigenvalue weighted by Crippen LogP contribution is 2.77. The molecule has 0 heterocycles. The first-order valence-electron chi connectivity index (χ1n) is 15.0. The van der Waals surface area contributed by atoms with Crippen LogP contribution in [0.3, 0.4) is 0 Å². The van der Waals surface area contributed by atoms with E-state index in [1.54, 1.807) is 13.8 Å². The number of nitrogens with two attached hydrogens (primary N) is 1. The zero-order chi connectivity index (χ0) is 31.8. The summed E-state index contributed by atoms with van der Waals surface area (Å²) in [5.41, 5.74) is 3.10. The fourth-order valence-electron chi connectivity index (χ4n) is 9.10. The first kappa shape index (κ1) is 36.6. The maximum atomic E-state index is 13.9. The normalized spacial score (nSPS) is 41.4. The Bertz CT molecular complexity index is 1040. The predicted molar refractivity (Wildman–Crippen MR) is 164 cm³/mol. The minimum absolute atomic E-state index is 0.0990. The zero-order valence-electron chi connectivity index (χ0n) is 25.5. The Balaban J connectivity index is 2.38. The Hall–Kier alpha value is 0.0900. The van der Waals surface area contributed by atoms with E-state index < -0.39 is 60.7 Å². The number of alkyl halides is 4. The average molecular weight is 707 g/mol. The van der Waals surface area contributed by atoms with Gasteiger partial charge in [-0.3, -0.25) is 18.3 Å². The van der Waals surface area contributed by atoms with Crippen LogP contribution in [0, 0.1) is 33.5 Å². The summed E-state index contributed by atoms with van der Waals surface area (Å²) in [6.07, 6.45) is -0.174. The van der Waals surface area contributed by atoms with Gasteiger partial charge in [0.05, 0.1) is 32.0 Å². The lowest BCUT2D eigenvalue weighted by atomic mass is 9.32. The van der Waals surface area contributed by atoms with Gasteiger partial charge < -0.3 is 10.8 Å². The number of allylic oxidation sites excluding steroid dienone is 1. The molecule has 0 radical (unpaired) electrons. The molecular formula is C29H48BrF3NO6PS. The Labute approximate surface area is 262 Å². The number of hydrogen-bond acceptors (Lipinski definition) is 8. The zero-order valence-corrected chi connectivity index (χ0v) is 28.8. The van der Waals surface area contributed by atoms with E-state index in [0.29, 0.717) is 37.0 Å². The molecule has 3 rings (SSSR count). The fraction of sp³-hybridized carbons (Fsp3) is 0.897. The summed E-state index contributed by atoms with van der Waals surface area (Å²) in [5, 5.41) is 11.8. The van der Waals surface area contributed by atoms with Crippen molar-refractivity contribution in [2.24, 2.45) is 39.2 Å². The molecule has 0 aliphatic heterocycles. The number of hydrogen-bond donors (Lipinski definition) is 2. The van der Waals surface area contributed by atoms with Crippen LogP contribution in [0.25, 0.3) is 0 Å². The second-order valence-electron chi connectivity index (χ2n) is 12.5. The molecule has 0 spiro atoms. The lowest BCUT2D eigenvalue weighted by Crippen LogP contribution is -2.72. The topological polar surface area (TPSA) is 100 Å². The molecule has 9 unspecified atom stereocenters. The maximum Gasteiger partial charge on any atom is 0.522 e. The number of rotatable bonds is 11. The summed E-state index contributed by atoms with van der Waals surface area (Å²) in [6.45, 7) is 10.8. The molecule has 3 aliphatic rings. The van der Waals surface area contributed by atoms with Crippen LogP contribution in [-0.4, -0.2) is 59.7 Å². The molecule has 0 saturated heterocycles. The second kappa shape index (κ2) is 13.4. The largest absolute Gasteiger partial charge is 0.522 e. The summed E-state index contributed by atoms with van der Waals surface area (Å²) in [5.74, 6) is -0.663.